The zero-order valence-corrected chi connectivity index (χ0v) is 15.7. The lowest BCUT2D eigenvalue weighted by molar-refractivity contribution is -0.259. The van der Waals surface area contributed by atoms with Crippen LogP contribution in [0.2, 0.25) is 0 Å². The molecular formula is C17H29F5N2O2. The molecule has 0 aromatic carbocycles. The minimum Gasteiger partial charge on any atom is -0.381 e. The van der Waals surface area contributed by atoms with Gasteiger partial charge in [-0.2, -0.15) is 0 Å². The molecule has 0 amide bonds. The number of aliphatic hydroxyl groups excluding tert-OH is 1. The quantitative estimate of drug-likeness (QED) is 0.751. The molecule has 4 nitrogen and oxygen atoms in total. The van der Waals surface area contributed by atoms with Crippen LogP contribution in [0.5, 0.6) is 0 Å². The van der Waals surface area contributed by atoms with Crippen molar-refractivity contribution in [3.8, 4) is 0 Å². The van der Waals surface area contributed by atoms with E-state index in [1.165, 1.54) is 6.92 Å². The van der Waals surface area contributed by atoms with Gasteiger partial charge in [0.15, 0.2) is 6.10 Å². The van der Waals surface area contributed by atoms with Crippen LogP contribution in [0.25, 0.3) is 0 Å². The predicted octanol–water partition coefficient (Wildman–Crippen LogP) is 2.55. The van der Waals surface area contributed by atoms with Crippen LogP contribution in [-0.4, -0.2) is 89.5 Å². The second-order valence-corrected chi connectivity index (χ2v) is 8.47. The fourth-order valence-electron chi connectivity index (χ4n) is 3.44. The van der Waals surface area contributed by atoms with E-state index in [9.17, 15) is 22.0 Å². The van der Waals surface area contributed by atoms with Crippen molar-refractivity contribution in [1.82, 2.24) is 9.80 Å². The zero-order valence-electron chi connectivity index (χ0n) is 15.7. The van der Waals surface area contributed by atoms with Crippen LogP contribution in [0, 0.1) is 0 Å². The molecule has 3 unspecified atom stereocenters. The van der Waals surface area contributed by atoms with Crippen LogP contribution < -0.4 is 0 Å². The van der Waals surface area contributed by atoms with Gasteiger partial charge in [-0.3, -0.25) is 9.80 Å². The molecule has 2 fully saturated rings. The first kappa shape index (κ1) is 21.8. The van der Waals surface area contributed by atoms with E-state index in [0.29, 0.717) is 13.0 Å². The van der Waals surface area contributed by atoms with Crippen molar-refractivity contribution < 1.29 is 31.8 Å². The van der Waals surface area contributed by atoms with Crippen LogP contribution in [0.15, 0.2) is 0 Å². The topological polar surface area (TPSA) is 35.9 Å². The monoisotopic (exact) mass is 388 g/mol. The summed E-state index contributed by atoms with van der Waals surface area (Å²) in [5.41, 5.74) is -0.158. The summed E-state index contributed by atoms with van der Waals surface area (Å²) in [4.78, 5) is 2.90. The Morgan fingerprint density at radius 1 is 1.15 bits per heavy atom. The van der Waals surface area contributed by atoms with Gasteiger partial charge in [-0.25, -0.2) is 22.0 Å². The molecule has 0 aromatic rings. The second-order valence-electron chi connectivity index (χ2n) is 8.47. The molecular weight excluding hydrogens is 359 g/mol. The molecule has 26 heavy (non-hydrogen) atoms. The highest BCUT2D eigenvalue weighted by Gasteiger charge is 2.59. The van der Waals surface area contributed by atoms with E-state index in [4.69, 9.17) is 9.84 Å². The van der Waals surface area contributed by atoms with Crippen LogP contribution in [0.4, 0.5) is 22.0 Å². The van der Waals surface area contributed by atoms with Gasteiger partial charge >= 0.3 is 0 Å². The molecule has 9 heteroatoms. The fourth-order valence-corrected chi connectivity index (χ4v) is 3.44. The highest BCUT2D eigenvalue weighted by Crippen LogP contribution is 2.37. The minimum atomic E-state index is -3.91. The smallest absolute Gasteiger partial charge is 0.291 e. The molecule has 2 rings (SSSR count). The number of ether oxygens (including phenoxy) is 1. The normalized spacial score (nSPS) is 32.5. The molecule has 1 N–H and O–H groups in total. The molecule has 0 aliphatic carbocycles. The minimum absolute atomic E-state index is 0.122. The molecule has 0 spiro atoms. The van der Waals surface area contributed by atoms with Crippen LogP contribution in [-0.2, 0) is 4.74 Å². The maximum absolute atomic E-state index is 14.4. The van der Waals surface area contributed by atoms with Gasteiger partial charge in [-0.05, 0) is 34.1 Å². The summed E-state index contributed by atoms with van der Waals surface area (Å²) in [5, 5.41) is 9.11. The summed E-state index contributed by atoms with van der Waals surface area (Å²) in [6, 6.07) is -0.743. The first-order chi connectivity index (χ1) is 11.7. The van der Waals surface area contributed by atoms with Gasteiger partial charge in [0, 0.05) is 24.7 Å². The highest BCUT2D eigenvalue weighted by atomic mass is 19.3. The Labute approximate surface area is 151 Å². The Morgan fingerprint density at radius 2 is 1.69 bits per heavy atom. The number of alkyl halides is 5. The van der Waals surface area contributed by atoms with Gasteiger partial charge < -0.3 is 9.84 Å². The van der Waals surface area contributed by atoms with Crippen molar-refractivity contribution in [2.24, 2.45) is 0 Å². The summed E-state index contributed by atoms with van der Waals surface area (Å²) in [7, 11) is 0. The third-order valence-corrected chi connectivity index (χ3v) is 5.23. The molecule has 0 aromatic heterocycles. The lowest BCUT2D eigenvalue weighted by atomic mass is 9.98. The number of aliphatic hydroxyl groups is 1. The van der Waals surface area contributed by atoms with E-state index in [2.05, 4.69) is 0 Å². The highest BCUT2D eigenvalue weighted by molar-refractivity contribution is 4.98. The molecule has 3 atom stereocenters. The third kappa shape index (κ3) is 4.85. The standard InChI is InChI=1S/C17H29F5N2O2/c1-11(23-9-16(19,20)14(25)17(21,22)10-23)8-26-13-5-6-24(7-12(13)18)15(2,3)4/h11-14,25H,5-10H2,1-4H3. The number of piperidine rings is 2. The summed E-state index contributed by atoms with van der Waals surface area (Å²) in [6.45, 7) is 6.26. The first-order valence-corrected chi connectivity index (χ1v) is 8.92. The Bertz CT molecular complexity index is 468. The number of nitrogens with zero attached hydrogens (tertiary/aromatic N) is 2. The zero-order chi connectivity index (χ0) is 19.9. The maximum Gasteiger partial charge on any atom is 0.291 e. The summed E-state index contributed by atoms with van der Waals surface area (Å²) in [6.07, 6.45) is -4.43. The van der Waals surface area contributed by atoms with Crippen molar-refractivity contribution in [2.75, 3.05) is 32.8 Å². The number of likely N-dealkylation sites (tertiary alicyclic amines) is 2. The maximum atomic E-state index is 14.4. The van der Waals surface area contributed by atoms with E-state index in [1.807, 2.05) is 25.7 Å². The van der Waals surface area contributed by atoms with Crippen molar-refractivity contribution in [3.05, 3.63) is 0 Å². The molecule has 0 radical (unpaired) electrons. The van der Waals surface area contributed by atoms with Crippen molar-refractivity contribution in [2.45, 2.75) is 75.9 Å². The molecule has 0 saturated carbocycles. The van der Waals surface area contributed by atoms with Crippen molar-refractivity contribution in [3.63, 3.8) is 0 Å². The number of hydrogen-bond donors (Lipinski definition) is 1. The van der Waals surface area contributed by atoms with Gasteiger partial charge in [-0.1, -0.05) is 0 Å². The van der Waals surface area contributed by atoms with Gasteiger partial charge in [0.2, 0.25) is 0 Å². The van der Waals surface area contributed by atoms with E-state index in [0.717, 1.165) is 4.90 Å². The first-order valence-electron chi connectivity index (χ1n) is 8.92. The number of hydrogen-bond acceptors (Lipinski definition) is 4. The number of rotatable bonds is 4. The Balaban J connectivity index is 1.88. The molecule has 0 bridgehead atoms. The van der Waals surface area contributed by atoms with Crippen molar-refractivity contribution >= 4 is 0 Å². The SMILES string of the molecule is CC(COC1CCN(C(C)(C)C)CC1F)N1CC(F)(F)C(O)C(F)(F)C1. The molecule has 2 saturated heterocycles. The summed E-state index contributed by atoms with van der Waals surface area (Å²) < 4.78 is 74.5. The second kappa shape index (κ2) is 7.48. The van der Waals surface area contributed by atoms with E-state index in [1.54, 1.807) is 0 Å². The van der Waals surface area contributed by atoms with Crippen LogP contribution in [0.1, 0.15) is 34.1 Å². The van der Waals surface area contributed by atoms with Crippen LogP contribution in [0.3, 0.4) is 0 Å². The predicted molar refractivity (Wildman–Crippen MR) is 87.5 cm³/mol. The Morgan fingerprint density at radius 3 is 2.15 bits per heavy atom. The molecule has 154 valence electrons. The summed E-state index contributed by atoms with van der Waals surface area (Å²) >= 11 is 0. The lowest BCUT2D eigenvalue weighted by Crippen LogP contribution is -2.65. The fraction of sp³-hybridized carbons (Fsp3) is 1.00. The average molecular weight is 388 g/mol. The van der Waals surface area contributed by atoms with Crippen LogP contribution >= 0.6 is 0 Å². The molecule has 2 aliphatic heterocycles. The number of halogens is 5. The average Bonchev–Trinajstić information content (AvgIpc) is 2.49. The molecule has 2 aliphatic rings. The summed E-state index contributed by atoms with van der Waals surface area (Å²) in [5.74, 6) is -7.81. The largest absolute Gasteiger partial charge is 0.381 e. The van der Waals surface area contributed by atoms with E-state index < -0.39 is 49.4 Å². The van der Waals surface area contributed by atoms with Gasteiger partial charge in [0.05, 0.1) is 25.8 Å². The van der Waals surface area contributed by atoms with Gasteiger partial charge in [-0.15, -0.1) is 0 Å². The molecule has 2 heterocycles. The van der Waals surface area contributed by atoms with Gasteiger partial charge in [0.25, 0.3) is 11.8 Å². The third-order valence-electron chi connectivity index (χ3n) is 5.23. The Hall–Kier alpha value is -0.510. The lowest BCUT2D eigenvalue weighted by Gasteiger charge is -2.44. The van der Waals surface area contributed by atoms with Crippen molar-refractivity contribution in [1.29, 1.82) is 0 Å². The van der Waals surface area contributed by atoms with E-state index in [-0.39, 0.29) is 18.7 Å². The van der Waals surface area contributed by atoms with E-state index >= 15 is 0 Å². The Kier molecular flexibility index (Phi) is 6.27. The van der Waals surface area contributed by atoms with Gasteiger partial charge in [0.1, 0.15) is 6.17 Å².